The van der Waals surface area contributed by atoms with Crippen molar-refractivity contribution in [2.45, 2.75) is 6.54 Å². The van der Waals surface area contributed by atoms with Crippen LogP contribution in [0.25, 0.3) is 0 Å². The number of allylic oxidation sites excluding steroid dienone is 1. The lowest BCUT2D eigenvalue weighted by atomic mass is 10.4. The minimum absolute atomic E-state index is 0.00394. The molecular weight excluding hydrogens is 284 g/mol. The molecule has 1 aromatic rings. The lowest BCUT2D eigenvalue weighted by molar-refractivity contribution is -0.119. The van der Waals surface area contributed by atoms with Crippen molar-refractivity contribution in [2.75, 3.05) is 32.1 Å². The molecule has 0 aliphatic carbocycles. The van der Waals surface area contributed by atoms with Crippen molar-refractivity contribution in [3.8, 4) is 0 Å². The van der Waals surface area contributed by atoms with Crippen LogP contribution < -0.4 is 16.2 Å². The summed E-state index contributed by atoms with van der Waals surface area (Å²) in [6.07, 6.45) is 2.94. The lowest BCUT2D eigenvalue weighted by Gasteiger charge is -2.09. The first-order valence-corrected chi connectivity index (χ1v) is 6.34. The molecule has 8 heteroatoms. The van der Waals surface area contributed by atoms with Gasteiger partial charge in [0.05, 0.1) is 31.6 Å². The molecule has 0 atom stereocenters. The maximum atomic E-state index is 11.8. The van der Waals surface area contributed by atoms with E-state index in [1.807, 2.05) is 0 Å². The van der Waals surface area contributed by atoms with Crippen LogP contribution in [0.3, 0.4) is 0 Å². The molecule has 7 nitrogen and oxygen atoms in total. The van der Waals surface area contributed by atoms with Crippen molar-refractivity contribution < 1.29 is 9.53 Å². The monoisotopic (exact) mass is 300 g/mol. The molecule has 0 saturated heterocycles. The lowest BCUT2D eigenvalue weighted by Crippen LogP contribution is -2.33. The number of anilines is 1. The van der Waals surface area contributed by atoms with Gasteiger partial charge in [0.25, 0.3) is 5.56 Å². The molecule has 20 heavy (non-hydrogen) atoms. The van der Waals surface area contributed by atoms with Gasteiger partial charge in [-0.15, -0.1) is 6.58 Å². The van der Waals surface area contributed by atoms with Gasteiger partial charge in [0.15, 0.2) is 0 Å². The second-order valence-electron chi connectivity index (χ2n) is 3.84. The number of ether oxygens (including phenoxy) is 1. The summed E-state index contributed by atoms with van der Waals surface area (Å²) in [5.74, 6) is -0.228. The first-order chi connectivity index (χ1) is 9.60. The third-order valence-corrected chi connectivity index (χ3v) is 2.72. The highest BCUT2D eigenvalue weighted by Crippen LogP contribution is 2.14. The minimum Gasteiger partial charge on any atom is -0.383 e. The van der Waals surface area contributed by atoms with Crippen LogP contribution in [-0.2, 0) is 16.1 Å². The zero-order valence-corrected chi connectivity index (χ0v) is 11.9. The van der Waals surface area contributed by atoms with Gasteiger partial charge in [0, 0.05) is 13.7 Å². The van der Waals surface area contributed by atoms with E-state index in [1.54, 1.807) is 13.2 Å². The summed E-state index contributed by atoms with van der Waals surface area (Å²) in [5.41, 5.74) is -0.116. The number of amides is 1. The standard InChI is InChI=1S/C12H17ClN4O3/c1-3-5-17-12(19)11(13)9(7-16-17)15-8-10(18)14-4-6-20-2/h3,7,15H,1,4-6,8H2,2H3,(H,14,18). The molecule has 0 aliphatic rings. The maximum Gasteiger partial charge on any atom is 0.287 e. The number of carbonyl (C=O) groups excluding carboxylic acids is 1. The van der Waals surface area contributed by atoms with E-state index in [4.69, 9.17) is 16.3 Å². The van der Waals surface area contributed by atoms with Gasteiger partial charge in [0.2, 0.25) is 5.91 Å². The molecule has 1 aromatic heterocycles. The van der Waals surface area contributed by atoms with Crippen LogP contribution in [0.1, 0.15) is 0 Å². The predicted molar refractivity (Wildman–Crippen MR) is 77.1 cm³/mol. The van der Waals surface area contributed by atoms with E-state index in [2.05, 4.69) is 22.3 Å². The summed E-state index contributed by atoms with van der Waals surface area (Å²) in [4.78, 5) is 23.3. The Morgan fingerprint density at radius 1 is 1.65 bits per heavy atom. The van der Waals surface area contributed by atoms with Crippen LogP contribution in [0.15, 0.2) is 23.6 Å². The van der Waals surface area contributed by atoms with Crippen LogP contribution in [0.2, 0.25) is 5.02 Å². The number of nitrogens with zero attached hydrogens (tertiary/aromatic N) is 2. The summed E-state index contributed by atoms with van der Waals surface area (Å²) < 4.78 is 5.99. The average Bonchev–Trinajstić information content (AvgIpc) is 2.43. The summed E-state index contributed by atoms with van der Waals surface area (Å²) in [5, 5.41) is 9.30. The molecule has 0 fully saturated rings. The summed E-state index contributed by atoms with van der Waals surface area (Å²) in [6.45, 7) is 4.65. The number of rotatable bonds is 8. The van der Waals surface area contributed by atoms with Gasteiger partial charge in [-0.25, -0.2) is 4.68 Å². The first kappa shape index (κ1) is 16.2. The van der Waals surface area contributed by atoms with E-state index in [0.717, 1.165) is 0 Å². The normalized spacial score (nSPS) is 10.1. The fourth-order valence-corrected chi connectivity index (χ4v) is 1.58. The van der Waals surface area contributed by atoms with Crippen molar-refractivity contribution in [1.29, 1.82) is 0 Å². The third-order valence-electron chi connectivity index (χ3n) is 2.35. The van der Waals surface area contributed by atoms with E-state index >= 15 is 0 Å². The van der Waals surface area contributed by atoms with Crippen LogP contribution in [0.4, 0.5) is 5.69 Å². The van der Waals surface area contributed by atoms with Gasteiger partial charge >= 0.3 is 0 Å². The number of hydrogen-bond acceptors (Lipinski definition) is 5. The Hall–Kier alpha value is -1.86. The number of methoxy groups -OCH3 is 1. The topological polar surface area (TPSA) is 85.2 Å². The molecule has 0 aliphatic heterocycles. The largest absolute Gasteiger partial charge is 0.383 e. The molecular formula is C12H17ClN4O3. The second-order valence-corrected chi connectivity index (χ2v) is 4.22. The molecule has 110 valence electrons. The van der Waals surface area contributed by atoms with E-state index in [-0.39, 0.29) is 24.0 Å². The number of carbonyl (C=O) groups is 1. The van der Waals surface area contributed by atoms with Crippen molar-refractivity contribution >= 4 is 23.2 Å². The number of aromatic nitrogens is 2. The molecule has 1 rings (SSSR count). The quantitative estimate of drug-likeness (QED) is 0.531. The van der Waals surface area contributed by atoms with Gasteiger partial charge in [-0.05, 0) is 0 Å². The van der Waals surface area contributed by atoms with E-state index in [0.29, 0.717) is 18.8 Å². The van der Waals surface area contributed by atoms with Crippen LogP contribution in [0, 0.1) is 0 Å². The molecule has 2 N–H and O–H groups in total. The summed E-state index contributed by atoms with van der Waals surface area (Å²) in [6, 6.07) is 0. The highest BCUT2D eigenvalue weighted by atomic mass is 35.5. The summed E-state index contributed by atoms with van der Waals surface area (Å²) >= 11 is 5.92. The van der Waals surface area contributed by atoms with E-state index in [9.17, 15) is 9.59 Å². The Bertz CT molecular complexity index is 530. The number of nitrogens with one attached hydrogen (secondary N) is 2. The maximum absolute atomic E-state index is 11.8. The fourth-order valence-electron chi connectivity index (χ4n) is 1.37. The van der Waals surface area contributed by atoms with Crippen LogP contribution in [0.5, 0.6) is 0 Å². The number of halogens is 1. The Balaban J connectivity index is 2.60. The van der Waals surface area contributed by atoms with Crippen LogP contribution >= 0.6 is 11.6 Å². The Kier molecular flexibility index (Phi) is 6.75. The Labute approximate surface area is 121 Å². The third kappa shape index (κ3) is 4.67. The highest BCUT2D eigenvalue weighted by molar-refractivity contribution is 6.33. The van der Waals surface area contributed by atoms with Gasteiger partial charge in [-0.2, -0.15) is 5.10 Å². The van der Waals surface area contributed by atoms with E-state index < -0.39 is 5.56 Å². The van der Waals surface area contributed by atoms with Gasteiger partial charge < -0.3 is 15.4 Å². The van der Waals surface area contributed by atoms with Gasteiger partial charge in [-0.3, -0.25) is 9.59 Å². The van der Waals surface area contributed by atoms with Crippen molar-refractivity contribution in [2.24, 2.45) is 0 Å². The molecule has 0 spiro atoms. The summed E-state index contributed by atoms with van der Waals surface area (Å²) in [7, 11) is 1.55. The first-order valence-electron chi connectivity index (χ1n) is 5.96. The van der Waals surface area contributed by atoms with Crippen molar-refractivity contribution in [3.05, 3.63) is 34.2 Å². The highest BCUT2D eigenvalue weighted by Gasteiger charge is 2.09. The van der Waals surface area contributed by atoms with Crippen LogP contribution in [-0.4, -0.2) is 42.5 Å². The van der Waals surface area contributed by atoms with Crippen molar-refractivity contribution in [3.63, 3.8) is 0 Å². The zero-order chi connectivity index (χ0) is 15.0. The zero-order valence-electron chi connectivity index (χ0n) is 11.2. The van der Waals surface area contributed by atoms with E-state index in [1.165, 1.54) is 10.9 Å². The molecule has 0 bridgehead atoms. The van der Waals surface area contributed by atoms with Gasteiger partial charge in [0.1, 0.15) is 5.02 Å². The molecule has 0 radical (unpaired) electrons. The minimum atomic E-state index is -0.434. The SMILES string of the molecule is C=CCn1ncc(NCC(=O)NCCOC)c(Cl)c1=O. The second kappa shape index (κ2) is 8.34. The molecule has 1 amide bonds. The smallest absolute Gasteiger partial charge is 0.287 e. The molecule has 1 heterocycles. The van der Waals surface area contributed by atoms with Gasteiger partial charge in [-0.1, -0.05) is 17.7 Å². The molecule has 0 aromatic carbocycles. The Morgan fingerprint density at radius 3 is 3.05 bits per heavy atom. The average molecular weight is 301 g/mol. The number of hydrogen-bond donors (Lipinski definition) is 2. The molecule has 0 saturated carbocycles. The Morgan fingerprint density at radius 2 is 2.40 bits per heavy atom. The molecule has 0 unspecified atom stereocenters. The van der Waals surface area contributed by atoms with Crippen molar-refractivity contribution in [1.82, 2.24) is 15.1 Å². The predicted octanol–water partition coefficient (Wildman–Crippen LogP) is 0.257. The fraction of sp³-hybridized carbons (Fsp3) is 0.417.